The molecule has 0 spiro atoms. The Bertz CT molecular complexity index is 171. The molecule has 1 amide bonds. The molecule has 0 aliphatic heterocycles. The summed E-state index contributed by atoms with van der Waals surface area (Å²) in [5.74, 6) is 0. The third kappa shape index (κ3) is 6.02. The van der Waals surface area contributed by atoms with Crippen molar-refractivity contribution in [3.8, 4) is 0 Å². The van der Waals surface area contributed by atoms with Gasteiger partial charge in [-0.1, -0.05) is 13.8 Å². The normalized spacial score (nSPS) is 11.2. The molecular weight excluding hydrogens is 194 g/mol. The lowest BCUT2D eigenvalue weighted by Crippen LogP contribution is -2.39. The minimum Gasteiger partial charge on any atom is -0.504 e. The number of nitrogens with zero attached hydrogens (tertiary/aromatic N) is 1. The molecule has 0 aliphatic carbocycles. The summed E-state index contributed by atoms with van der Waals surface area (Å²) in [6.07, 6.45) is 1.84. The second-order valence-electron chi connectivity index (χ2n) is 4.47. The molecule has 4 heteroatoms. The molecule has 0 atom stereocenters. The molecule has 0 saturated carbocycles. The maximum Gasteiger partial charge on any atom is 0.396 e. The Kier molecular flexibility index (Phi) is 5.84. The molecular formula is C10H23NO2Si. The predicted molar refractivity (Wildman–Crippen MR) is 62.0 cm³/mol. The first-order chi connectivity index (χ1) is 6.40. The van der Waals surface area contributed by atoms with Gasteiger partial charge in [0.25, 0.3) is 0 Å². The van der Waals surface area contributed by atoms with Crippen molar-refractivity contribution in [1.29, 1.82) is 0 Å². The largest absolute Gasteiger partial charge is 0.504 e. The van der Waals surface area contributed by atoms with Crippen LogP contribution in [0, 0.1) is 0 Å². The van der Waals surface area contributed by atoms with Gasteiger partial charge in [0, 0.05) is 13.1 Å². The third-order valence-corrected chi connectivity index (χ3v) is 2.43. The zero-order chi connectivity index (χ0) is 11.2. The second-order valence-corrected chi connectivity index (χ2v) is 8.90. The summed E-state index contributed by atoms with van der Waals surface area (Å²) < 4.78 is 5.43. The molecule has 0 aliphatic rings. The van der Waals surface area contributed by atoms with E-state index in [0.29, 0.717) is 0 Å². The smallest absolute Gasteiger partial charge is 0.396 e. The van der Waals surface area contributed by atoms with E-state index in [1.165, 1.54) is 0 Å². The molecule has 0 aromatic rings. The summed E-state index contributed by atoms with van der Waals surface area (Å²) in [6, 6.07) is 0. The Labute approximate surface area is 88.6 Å². The summed E-state index contributed by atoms with van der Waals surface area (Å²) >= 11 is 0. The molecule has 0 heterocycles. The van der Waals surface area contributed by atoms with Crippen LogP contribution >= 0.6 is 0 Å². The third-order valence-electron chi connectivity index (χ3n) is 1.64. The summed E-state index contributed by atoms with van der Waals surface area (Å²) in [5, 5.41) is 0. The molecule has 0 aromatic carbocycles. The molecule has 0 saturated heterocycles. The Morgan fingerprint density at radius 2 is 1.57 bits per heavy atom. The minimum absolute atomic E-state index is 0.132. The first-order valence-corrected chi connectivity index (χ1v) is 8.79. The van der Waals surface area contributed by atoms with Crippen molar-refractivity contribution < 1.29 is 9.22 Å². The van der Waals surface area contributed by atoms with Crippen LogP contribution in [0.1, 0.15) is 26.7 Å². The van der Waals surface area contributed by atoms with Gasteiger partial charge < -0.3 is 9.33 Å². The van der Waals surface area contributed by atoms with Crippen molar-refractivity contribution in [2.45, 2.75) is 46.3 Å². The van der Waals surface area contributed by atoms with Crippen molar-refractivity contribution in [3.05, 3.63) is 0 Å². The minimum atomic E-state index is -1.73. The van der Waals surface area contributed by atoms with Crippen LogP contribution in [0.3, 0.4) is 0 Å². The van der Waals surface area contributed by atoms with Gasteiger partial charge in [0.05, 0.1) is 0 Å². The molecule has 84 valence electrons. The highest BCUT2D eigenvalue weighted by Crippen LogP contribution is 2.07. The predicted octanol–water partition coefficient (Wildman–Crippen LogP) is 3.08. The molecule has 0 radical (unpaired) electrons. The molecule has 0 unspecified atom stereocenters. The maximum absolute atomic E-state index is 11.7. The van der Waals surface area contributed by atoms with Gasteiger partial charge in [-0.05, 0) is 32.5 Å². The van der Waals surface area contributed by atoms with Crippen LogP contribution in [-0.4, -0.2) is 32.4 Å². The summed E-state index contributed by atoms with van der Waals surface area (Å²) in [6.45, 7) is 11.8. The second kappa shape index (κ2) is 6.06. The fourth-order valence-electron chi connectivity index (χ4n) is 1.16. The highest BCUT2D eigenvalue weighted by Gasteiger charge is 2.23. The monoisotopic (exact) mass is 217 g/mol. The van der Waals surface area contributed by atoms with Crippen molar-refractivity contribution in [3.63, 3.8) is 0 Å². The van der Waals surface area contributed by atoms with E-state index in [9.17, 15) is 4.79 Å². The van der Waals surface area contributed by atoms with E-state index in [4.69, 9.17) is 4.43 Å². The van der Waals surface area contributed by atoms with Gasteiger partial charge in [-0.15, -0.1) is 0 Å². The molecule has 0 fully saturated rings. The Balaban J connectivity index is 4.14. The lowest BCUT2D eigenvalue weighted by atomic mass is 10.4. The highest BCUT2D eigenvalue weighted by molar-refractivity contribution is 6.71. The van der Waals surface area contributed by atoms with E-state index in [-0.39, 0.29) is 6.09 Å². The lowest BCUT2D eigenvalue weighted by molar-refractivity contribution is 0.150. The van der Waals surface area contributed by atoms with Crippen LogP contribution in [0.5, 0.6) is 0 Å². The van der Waals surface area contributed by atoms with Crippen LogP contribution in [0.25, 0.3) is 0 Å². The molecule has 3 nitrogen and oxygen atoms in total. The molecule has 0 bridgehead atoms. The Morgan fingerprint density at radius 3 is 1.86 bits per heavy atom. The van der Waals surface area contributed by atoms with E-state index in [1.54, 1.807) is 4.90 Å². The Hall–Kier alpha value is -0.513. The summed E-state index contributed by atoms with van der Waals surface area (Å²) in [7, 11) is -1.73. The van der Waals surface area contributed by atoms with Crippen LogP contribution in [0.4, 0.5) is 4.79 Å². The van der Waals surface area contributed by atoms with E-state index in [2.05, 4.69) is 13.8 Å². The number of carbonyl (C=O) groups is 1. The van der Waals surface area contributed by atoms with E-state index in [1.807, 2.05) is 19.6 Å². The van der Waals surface area contributed by atoms with Gasteiger partial charge in [-0.2, -0.15) is 0 Å². The van der Waals surface area contributed by atoms with Crippen molar-refractivity contribution in [2.24, 2.45) is 0 Å². The van der Waals surface area contributed by atoms with Crippen LogP contribution in [0.15, 0.2) is 0 Å². The van der Waals surface area contributed by atoms with Crippen LogP contribution in [-0.2, 0) is 4.43 Å². The fraction of sp³-hybridized carbons (Fsp3) is 0.900. The number of hydrogen-bond donors (Lipinski definition) is 0. The molecule has 0 N–H and O–H groups in total. The SMILES string of the molecule is CCCN(CCC)C(=O)O[Si](C)(C)C. The number of carbonyl (C=O) groups excluding carboxylic acids is 1. The number of amides is 1. The standard InChI is InChI=1S/C10H23NO2Si/c1-6-8-11(9-7-2)10(12)13-14(3,4)5/h6-9H2,1-5H3. The van der Waals surface area contributed by atoms with E-state index < -0.39 is 8.32 Å². The first kappa shape index (κ1) is 13.5. The van der Waals surface area contributed by atoms with Crippen LogP contribution < -0.4 is 0 Å². The van der Waals surface area contributed by atoms with Gasteiger partial charge in [0.15, 0.2) is 0 Å². The Morgan fingerprint density at radius 1 is 1.14 bits per heavy atom. The van der Waals surface area contributed by atoms with Gasteiger partial charge in [0.1, 0.15) is 0 Å². The number of rotatable bonds is 5. The van der Waals surface area contributed by atoms with Crippen molar-refractivity contribution >= 4 is 14.4 Å². The quantitative estimate of drug-likeness (QED) is 0.662. The van der Waals surface area contributed by atoms with E-state index >= 15 is 0 Å². The van der Waals surface area contributed by atoms with Gasteiger partial charge >= 0.3 is 6.09 Å². The summed E-state index contributed by atoms with van der Waals surface area (Å²) in [5.41, 5.74) is 0. The average molecular weight is 217 g/mol. The molecule has 0 aromatic heterocycles. The van der Waals surface area contributed by atoms with E-state index in [0.717, 1.165) is 25.9 Å². The van der Waals surface area contributed by atoms with Crippen molar-refractivity contribution in [1.82, 2.24) is 4.90 Å². The topological polar surface area (TPSA) is 29.5 Å². The zero-order valence-corrected chi connectivity index (χ0v) is 11.1. The van der Waals surface area contributed by atoms with Crippen LogP contribution in [0.2, 0.25) is 19.6 Å². The van der Waals surface area contributed by atoms with Gasteiger partial charge in [-0.25, -0.2) is 4.79 Å². The highest BCUT2D eigenvalue weighted by atomic mass is 28.4. The number of hydrogen-bond acceptors (Lipinski definition) is 2. The molecule has 14 heavy (non-hydrogen) atoms. The van der Waals surface area contributed by atoms with Crippen molar-refractivity contribution in [2.75, 3.05) is 13.1 Å². The lowest BCUT2D eigenvalue weighted by Gasteiger charge is -2.26. The average Bonchev–Trinajstić information content (AvgIpc) is 2.01. The molecule has 0 rings (SSSR count). The summed E-state index contributed by atoms with van der Waals surface area (Å²) in [4.78, 5) is 13.5. The maximum atomic E-state index is 11.7. The first-order valence-electron chi connectivity index (χ1n) is 5.38. The van der Waals surface area contributed by atoms with Gasteiger partial charge in [-0.3, -0.25) is 0 Å². The fourth-order valence-corrected chi connectivity index (χ4v) is 1.81. The zero-order valence-electron chi connectivity index (χ0n) is 10.1. The van der Waals surface area contributed by atoms with Gasteiger partial charge in [0.2, 0.25) is 8.32 Å².